The molecule has 1 atom stereocenters. The molecule has 0 aromatic heterocycles. The molecular weight excluding hydrogens is 252 g/mol. The van der Waals surface area contributed by atoms with Crippen molar-refractivity contribution in [3.8, 4) is 0 Å². The number of nitrogens with one attached hydrogen (secondary N) is 1. The van der Waals surface area contributed by atoms with Gasteiger partial charge in [-0.25, -0.2) is 4.79 Å². The zero-order valence-corrected chi connectivity index (χ0v) is 11.5. The number of nitrogens with zero attached hydrogens (tertiary/aromatic N) is 1. The number of rotatable bonds is 7. The lowest BCUT2D eigenvalue weighted by Gasteiger charge is -2.20. The maximum absolute atomic E-state index is 11.8. The van der Waals surface area contributed by atoms with E-state index in [1.54, 1.807) is 14.0 Å². The van der Waals surface area contributed by atoms with Gasteiger partial charge in [-0.2, -0.15) is 0 Å². The second-order valence-electron chi connectivity index (χ2n) is 4.87. The van der Waals surface area contributed by atoms with Crippen molar-refractivity contribution in [1.29, 1.82) is 0 Å². The van der Waals surface area contributed by atoms with Crippen LogP contribution in [0.3, 0.4) is 0 Å². The number of aliphatic carboxylic acids is 1. The topological polar surface area (TPSA) is 88.1 Å². The third-order valence-electron chi connectivity index (χ3n) is 3.23. The van der Waals surface area contributed by atoms with E-state index in [0.717, 1.165) is 0 Å². The minimum Gasteiger partial charge on any atom is -0.481 e. The first kappa shape index (κ1) is 15.7. The number of carbonyl (C=O) groups is 2. The second-order valence-corrected chi connectivity index (χ2v) is 4.87. The number of urea groups is 1. The molecule has 1 fully saturated rings. The molecule has 110 valence electrons. The maximum Gasteiger partial charge on any atom is 0.317 e. The summed E-state index contributed by atoms with van der Waals surface area (Å²) in [7, 11) is 1.60. The van der Waals surface area contributed by atoms with Gasteiger partial charge in [0.15, 0.2) is 0 Å². The molecular formula is C12H22N2O5. The highest BCUT2D eigenvalue weighted by atomic mass is 16.5. The Hall–Kier alpha value is -1.34. The summed E-state index contributed by atoms with van der Waals surface area (Å²) in [6, 6.07) is -0.236. The highest BCUT2D eigenvalue weighted by molar-refractivity contribution is 5.79. The number of ether oxygens (including phenoxy) is 2. The van der Waals surface area contributed by atoms with E-state index in [1.165, 1.54) is 4.90 Å². The summed E-state index contributed by atoms with van der Waals surface area (Å²) in [5.41, 5.74) is -0.827. The standard InChI is InChI=1S/C12H22N2O5/c1-12(10(15)16)3-5-14(9-12)11(17)13-4-6-19-8-7-18-2/h3-9H2,1-2H3,(H,13,17)(H,15,16). The summed E-state index contributed by atoms with van der Waals surface area (Å²) >= 11 is 0. The Morgan fingerprint density at radius 3 is 2.68 bits per heavy atom. The van der Waals surface area contributed by atoms with Gasteiger partial charge in [0.2, 0.25) is 0 Å². The van der Waals surface area contributed by atoms with Crippen LogP contribution < -0.4 is 5.32 Å². The molecule has 1 heterocycles. The van der Waals surface area contributed by atoms with Crippen LogP contribution >= 0.6 is 0 Å². The van der Waals surface area contributed by atoms with Crippen molar-refractivity contribution in [3.63, 3.8) is 0 Å². The molecule has 0 aromatic carbocycles. The quantitative estimate of drug-likeness (QED) is 0.645. The van der Waals surface area contributed by atoms with Gasteiger partial charge >= 0.3 is 12.0 Å². The summed E-state index contributed by atoms with van der Waals surface area (Å²) < 4.78 is 10.0. The fourth-order valence-corrected chi connectivity index (χ4v) is 1.90. The Bertz CT molecular complexity index is 323. The average molecular weight is 274 g/mol. The van der Waals surface area contributed by atoms with Crippen molar-refractivity contribution >= 4 is 12.0 Å². The molecule has 1 unspecified atom stereocenters. The van der Waals surface area contributed by atoms with Crippen LogP contribution in [-0.2, 0) is 14.3 Å². The van der Waals surface area contributed by atoms with Gasteiger partial charge in [-0.3, -0.25) is 4.79 Å². The molecule has 7 heteroatoms. The third-order valence-corrected chi connectivity index (χ3v) is 3.23. The predicted molar refractivity (Wildman–Crippen MR) is 68.0 cm³/mol. The molecule has 1 aliphatic rings. The van der Waals surface area contributed by atoms with Gasteiger partial charge in [0.1, 0.15) is 0 Å². The summed E-state index contributed by atoms with van der Waals surface area (Å²) in [4.78, 5) is 24.4. The van der Waals surface area contributed by atoms with Crippen LogP contribution in [0.1, 0.15) is 13.3 Å². The Kier molecular flexibility index (Phi) is 6.04. The Morgan fingerprint density at radius 1 is 1.37 bits per heavy atom. The number of carbonyl (C=O) groups excluding carboxylic acids is 1. The molecule has 0 aromatic rings. The summed E-state index contributed by atoms with van der Waals surface area (Å²) in [6.07, 6.45) is 0.486. The molecule has 0 saturated carbocycles. The first-order chi connectivity index (χ1) is 8.99. The lowest BCUT2D eigenvalue weighted by Crippen LogP contribution is -2.42. The molecule has 1 saturated heterocycles. The van der Waals surface area contributed by atoms with E-state index in [4.69, 9.17) is 14.6 Å². The van der Waals surface area contributed by atoms with Gasteiger partial charge < -0.3 is 24.8 Å². The van der Waals surface area contributed by atoms with Crippen molar-refractivity contribution in [2.24, 2.45) is 5.41 Å². The second kappa shape index (κ2) is 7.30. The van der Waals surface area contributed by atoms with Crippen LogP contribution in [0.2, 0.25) is 0 Å². The number of likely N-dealkylation sites (tertiary alicyclic amines) is 1. The number of methoxy groups -OCH3 is 1. The zero-order valence-electron chi connectivity index (χ0n) is 11.5. The van der Waals surface area contributed by atoms with Crippen molar-refractivity contribution in [2.75, 3.05) is 46.6 Å². The number of carboxylic acid groups (broad SMARTS) is 1. The van der Waals surface area contributed by atoms with E-state index < -0.39 is 11.4 Å². The monoisotopic (exact) mass is 274 g/mol. The van der Waals surface area contributed by atoms with Gasteiger partial charge in [0.05, 0.1) is 25.2 Å². The summed E-state index contributed by atoms with van der Waals surface area (Å²) in [5, 5.41) is 11.8. The largest absolute Gasteiger partial charge is 0.481 e. The van der Waals surface area contributed by atoms with Gasteiger partial charge in [0.25, 0.3) is 0 Å². The lowest BCUT2D eigenvalue weighted by atomic mass is 9.90. The SMILES string of the molecule is COCCOCCNC(=O)N1CCC(C)(C(=O)O)C1. The Balaban J connectivity index is 2.19. The van der Waals surface area contributed by atoms with Gasteiger partial charge in [0, 0.05) is 26.7 Å². The van der Waals surface area contributed by atoms with Crippen molar-refractivity contribution in [2.45, 2.75) is 13.3 Å². The zero-order chi connectivity index (χ0) is 14.3. The molecule has 1 aliphatic heterocycles. The van der Waals surface area contributed by atoms with Gasteiger partial charge in [-0.05, 0) is 13.3 Å². The minimum atomic E-state index is -0.856. The molecule has 7 nitrogen and oxygen atoms in total. The van der Waals surface area contributed by atoms with E-state index in [1.807, 2.05) is 0 Å². The van der Waals surface area contributed by atoms with E-state index in [2.05, 4.69) is 5.32 Å². The minimum absolute atomic E-state index is 0.236. The average Bonchev–Trinajstić information content (AvgIpc) is 2.78. The summed E-state index contributed by atoms with van der Waals surface area (Å²) in [6.45, 7) is 4.22. The predicted octanol–water partition coefficient (Wildman–Crippen LogP) is 0.156. The number of hydrogen-bond acceptors (Lipinski definition) is 4. The Morgan fingerprint density at radius 2 is 2.11 bits per heavy atom. The number of hydrogen-bond donors (Lipinski definition) is 2. The fourth-order valence-electron chi connectivity index (χ4n) is 1.90. The van der Waals surface area contributed by atoms with Crippen molar-refractivity contribution in [1.82, 2.24) is 10.2 Å². The molecule has 0 spiro atoms. The van der Waals surface area contributed by atoms with Crippen LogP contribution in [0.25, 0.3) is 0 Å². The third kappa shape index (κ3) is 4.68. The van der Waals surface area contributed by atoms with Crippen LogP contribution in [-0.4, -0.2) is 68.6 Å². The fraction of sp³-hybridized carbons (Fsp3) is 0.833. The number of amides is 2. The van der Waals surface area contributed by atoms with E-state index in [9.17, 15) is 9.59 Å². The highest BCUT2D eigenvalue weighted by Gasteiger charge is 2.42. The van der Waals surface area contributed by atoms with Crippen molar-refractivity contribution < 1.29 is 24.2 Å². The van der Waals surface area contributed by atoms with E-state index >= 15 is 0 Å². The van der Waals surface area contributed by atoms with Crippen LogP contribution in [0.4, 0.5) is 4.79 Å². The van der Waals surface area contributed by atoms with Crippen LogP contribution in [0, 0.1) is 5.41 Å². The number of carboxylic acids is 1. The molecule has 0 aliphatic carbocycles. The molecule has 19 heavy (non-hydrogen) atoms. The van der Waals surface area contributed by atoms with Gasteiger partial charge in [-0.15, -0.1) is 0 Å². The van der Waals surface area contributed by atoms with Crippen molar-refractivity contribution in [3.05, 3.63) is 0 Å². The molecule has 0 bridgehead atoms. The lowest BCUT2D eigenvalue weighted by molar-refractivity contribution is -0.147. The van der Waals surface area contributed by atoms with Crippen LogP contribution in [0.5, 0.6) is 0 Å². The molecule has 1 rings (SSSR count). The highest BCUT2D eigenvalue weighted by Crippen LogP contribution is 2.29. The first-order valence-electron chi connectivity index (χ1n) is 6.32. The van der Waals surface area contributed by atoms with Gasteiger partial charge in [-0.1, -0.05) is 0 Å². The smallest absolute Gasteiger partial charge is 0.317 e. The molecule has 0 radical (unpaired) electrons. The summed E-state index contributed by atoms with van der Waals surface area (Å²) in [5.74, 6) is -0.856. The van der Waals surface area contributed by atoms with E-state index in [-0.39, 0.29) is 12.6 Å². The Labute approximate surface area is 112 Å². The van der Waals surface area contributed by atoms with Crippen LogP contribution in [0.15, 0.2) is 0 Å². The molecule has 2 N–H and O–H groups in total. The van der Waals surface area contributed by atoms with E-state index in [0.29, 0.717) is 39.3 Å². The normalized spacial score (nSPS) is 22.5. The maximum atomic E-state index is 11.8. The first-order valence-corrected chi connectivity index (χ1v) is 6.32. The molecule has 2 amide bonds.